The number of amides is 1. The second-order valence-corrected chi connectivity index (χ2v) is 10.2. The summed E-state index contributed by atoms with van der Waals surface area (Å²) in [5, 5.41) is 2.49. The van der Waals surface area contributed by atoms with Gasteiger partial charge in [-0.25, -0.2) is 18.0 Å². The molecule has 4 aromatic carbocycles. The molecule has 0 saturated carbocycles. The van der Waals surface area contributed by atoms with Gasteiger partial charge in [0.2, 0.25) is 0 Å². The summed E-state index contributed by atoms with van der Waals surface area (Å²) in [6.07, 6.45) is -15.0. The largest absolute Gasteiger partial charge is 0.461 e. The Morgan fingerprint density at radius 1 is 0.804 bits per heavy atom. The molecule has 4 aromatic rings. The van der Waals surface area contributed by atoms with E-state index in [4.69, 9.17) is 11.8 Å². The molecule has 0 aliphatic carbocycles. The van der Waals surface area contributed by atoms with Gasteiger partial charge in [-0.05, 0) is 70.9 Å². The van der Waals surface area contributed by atoms with Crippen LogP contribution in [0.1, 0.15) is 38.2 Å². The van der Waals surface area contributed by atoms with Gasteiger partial charge in [0, 0.05) is 30.2 Å². The van der Waals surface area contributed by atoms with Crippen molar-refractivity contribution in [1.82, 2.24) is 10.2 Å². The van der Waals surface area contributed by atoms with E-state index in [1.165, 1.54) is 18.2 Å². The SMILES string of the molecule is O=C(N[C@@](Cc1ccccc1)(c1cc(F)cc(OC(F)(F)C(F)F)c1)c1ccc(F)c(CNCl)c1)c1ccc(F)c(C(F)(F)F)c1. The maximum Gasteiger partial charge on any atom is 0.461 e. The Hall–Kier alpha value is -4.30. The van der Waals surface area contributed by atoms with E-state index < -0.39 is 70.0 Å². The van der Waals surface area contributed by atoms with Crippen molar-refractivity contribution < 1.29 is 53.4 Å². The van der Waals surface area contributed by atoms with Gasteiger partial charge in [-0.2, -0.15) is 30.7 Å². The molecule has 0 bridgehead atoms. The molecule has 15 heteroatoms. The summed E-state index contributed by atoms with van der Waals surface area (Å²) in [7, 11) is 0. The quantitative estimate of drug-likeness (QED) is 0.124. The van der Waals surface area contributed by atoms with E-state index in [-0.39, 0.29) is 30.2 Å². The lowest BCUT2D eigenvalue weighted by molar-refractivity contribution is -0.253. The van der Waals surface area contributed by atoms with Gasteiger partial charge in [-0.15, -0.1) is 0 Å². The van der Waals surface area contributed by atoms with Gasteiger partial charge in [-0.3, -0.25) is 4.79 Å². The number of alkyl halides is 7. The standard InChI is InChI=1S/C31H21ClF10N2O2/c32-43-16-19-10-20(7-9-25(19)34)29(15-17-4-2-1-3-5-17,21-12-22(33)14-23(13-21)46-31(41,42)28(36)37)44-27(45)18-6-8-26(35)24(11-18)30(38,39)40/h1-14,28,43H,15-16H2,(H,44,45)/t29-/m1/s1. The zero-order valence-electron chi connectivity index (χ0n) is 23.0. The number of hydrogen-bond acceptors (Lipinski definition) is 3. The molecule has 244 valence electrons. The Bertz CT molecular complexity index is 1700. The number of nitrogens with one attached hydrogen (secondary N) is 2. The minimum atomic E-state index is -5.20. The molecular weight excluding hydrogens is 658 g/mol. The molecule has 0 aromatic heterocycles. The number of carbonyl (C=O) groups excluding carboxylic acids is 1. The maximum atomic E-state index is 15.1. The van der Waals surface area contributed by atoms with Gasteiger partial charge in [0.1, 0.15) is 23.2 Å². The van der Waals surface area contributed by atoms with E-state index >= 15 is 4.39 Å². The molecule has 0 heterocycles. The highest BCUT2D eigenvalue weighted by Gasteiger charge is 2.45. The summed E-state index contributed by atoms with van der Waals surface area (Å²) in [5.74, 6) is -6.16. The Morgan fingerprint density at radius 3 is 2.11 bits per heavy atom. The highest BCUT2D eigenvalue weighted by molar-refractivity contribution is 6.13. The van der Waals surface area contributed by atoms with E-state index in [1.807, 2.05) is 0 Å². The number of ether oxygens (including phenoxy) is 1. The molecule has 46 heavy (non-hydrogen) atoms. The van der Waals surface area contributed by atoms with E-state index in [2.05, 4.69) is 14.9 Å². The smallest absolute Gasteiger partial charge is 0.428 e. The lowest BCUT2D eigenvalue weighted by Gasteiger charge is -2.37. The van der Waals surface area contributed by atoms with Crippen LogP contribution in [0.25, 0.3) is 0 Å². The van der Waals surface area contributed by atoms with Crippen molar-refractivity contribution in [2.24, 2.45) is 0 Å². The summed E-state index contributed by atoms with van der Waals surface area (Å²) >= 11 is 5.57. The Labute approximate surface area is 260 Å². The fourth-order valence-corrected chi connectivity index (χ4v) is 4.87. The molecule has 0 aliphatic rings. The molecule has 1 amide bonds. The maximum absolute atomic E-state index is 15.1. The predicted octanol–water partition coefficient (Wildman–Crippen LogP) is 8.52. The third kappa shape index (κ3) is 7.73. The average Bonchev–Trinajstić information content (AvgIpc) is 2.97. The van der Waals surface area contributed by atoms with E-state index in [1.54, 1.807) is 18.2 Å². The lowest BCUT2D eigenvalue weighted by atomic mass is 9.77. The molecule has 1 atom stereocenters. The van der Waals surface area contributed by atoms with Gasteiger partial charge in [0.05, 0.1) is 11.1 Å². The fourth-order valence-electron chi connectivity index (χ4n) is 4.73. The lowest BCUT2D eigenvalue weighted by Crippen LogP contribution is -2.49. The third-order valence-corrected chi connectivity index (χ3v) is 6.97. The van der Waals surface area contributed by atoms with Crippen LogP contribution in [0.2, 0.25) is 0 Å². The van der Waals surface area contributed by atoms with Crippen molar-refractivity contribution in [2.45, 2.75) is 37.2 Å². The number of hydrogen-bond donors (Lipinski definition) is 2. The molecule has 0 unspecified atom stereocenters. The number of benzene rings is 4. The second kappa shape index (κ2) is 13.6. The molecule has 0 aliphatic heterocycles. The normalized spacial score (nSPS) is 13.4. The summed E-state index contributed by atoms with van der Waals surface area (Å²) in [6.45, 7) is -0.304. The van der Waals surface area contributed by atoms with Gasteiger partial charge >= 0.3 is 18.7 Å². The molecule has 0 saturated heterocycles. The monoisotopic (exact) mass is 678 g/mol. The first-order chi connectivity index (χ1) is 21.6. The Kier molecular flexibility index (Phi) is 10.2. The zero-order chi connectivity index (χ0) is 33.9. The van der Waals surface area contributed by atoms with Crippen LogP contribution in [0.4, 0.5) is 43.9 Å². The minimum Gasteiger partial charge on any atom is -0.428 e. The highest BCUT2D eigenvalue weighted by Crippen LogP contribution is 2.39. The van der Waals surface area contributed by atoms with Crippen molar-refractivity contribution in [2.75, 3.05) is 0 Å². The summed E-state index contributed by atoms with van der Waals surface area (Å²) in [6, 6.07) is 14.2. The summed E-state index contributed by atoms with van der Waals surface area (Å²) in [5.41, 5.74) is -4.86. The number of carbonyl (C=O) groups is 1. The minimum absolute atomic E-state index is 0.0663. The van der Waals surface area contributed by atoms with Gasteiger partial charge in [0.15, 0.2) is 0 Å². The second-order valence-electron chi connectivity index (χ2n) is 9.97. The molecular formula is C31H21ClF10N2O2. The Morgan fingerprint density at radius 2 is 1.48 bits per heavy atom. The van der Waals surface area contributed by atoms with Crippen molar-refractivity contribution in [3.8, 4) is 5.75 Å². The van der Waals surface area contributed by atoms with Crippen molar-refractivity contribution in [3.05, 3.63) is 136 Å². The molecule has 0 spiro atoms. The first-order valence-corrected chi connectivity index (χ1v) is 13.4. The zero-order valence-corrected chi connectivity index (χ0v) is 23.8. The first kappa shape index (κ1) is 34.6. The first-order valence-electron chi connectivity index (χ1n) is 13.1. The molecule has 0 fully saturated rings. The van der Waals surface area contributed by atoms with E-state index in [0.29, 0.717) is 17.7 Å². The third-order valence-electron chi connectivity index (χ3n) is 6.84. The molecule has 4 rings (SSSR count). The van der Waals surface area contributed by atoms with Crippen molar-refractivity contribution >= 4 is 17.7 Å². The average molecular weight is 679 g/mol. The van der Waals surface area contributed by atoms with Gasteiger partial charge in [0.25, 0.3) is 5.91 Å². The van der Waals surface area contributed by atoms with Crippen LogP contribution < -0.4 is 14.9 Å². The summed E-state index contributed by atoms with van der Waals surface area (Å²) in [4.78, 5) is 15.9. The molecule has 0 radical (unpaired) electrons. The summed E-state index contributed by atoms with van der Waals surface area (Å²) < 4.78 is 142. The molecule has 2 N–H and O–H groups in total. The predicted molar refractivity (Wildman–Crippen MR) is 147 cm³/mol. The van der Waals surface area contributed by atoms with Crippen LogP contribution in [0.3, 0.4) is 0 Å². The van der Waals surface area contributed by atoms with Crippen LogP contribution in [-0.2, 0) is 24.7 Å². The van der Waals surface area contributed by atoms with Crippen LogP contribution in [0.15, 0.2) is 84.9 Å². The van der Waals surface area contributed by atoms with Gasteiger partial charge < -0.3 is 10.1 Å². The van der Waals surface area contributed by atoms with Crippen LogP contribution in [-0.4, -0.2) is 18.4 Å². The molecule has 4 nitrogen and oxygen atoms in total. The van der Waals surface area contributed by atoms with Crippen LogP contribution >= 0.6 is 11.8 Å². The highest BCUT2D eigenvalue weighted by atomic mass is 35.5. The van der Waals surface area contributed by atoms with Gasteiger partial charge in [-0.1, -0.05) is 36.4 Å². The van der Waals surface area contributed by atoms with Crippen molar-refractivity contribution in [1.29, 1.82) is 0 Å². The van der Waals surface area contributed by atoms with Crippen LogP contribution in [0.5, 0.6) is 5.75 Å². The van der Waals surface area contributed by atoms with E-state index in [9.17, 15) is 44.3 Å². The number of halogens is 11. The topological polar surface area (TPSA) is 50.4 Å². The van der Waals surface area contributed by atoms with E-state index in [0.717, 1.165) is 30.3 Å². The number of rotatable bonds is 11. The van der Waals surface area contributed by atoms with Crippen LogP contribution in [0, 0.1) is 17.5 Å². The Balaban J connectivity index is 2.01. The van der Waals surface area contributed by atoms with Crippen molar-refractivity contribution in [3.63, 3.8) is 0 Å². The fraction of sp³-hybridized carbons (Fsp3) is 0.194.